The summed E-state index contributed by atoms with van der Waals surface area (Å²) in [6.07, 6.45) is 1.30. The van der Waals surface area contributed by atoms with E-state index in [2.05, 4.69) is 9.88 Å². The molecule has 4 heterocycles. The molecular weight excluding hydrogens is 460 g/mol. The number of esters is 2. The van der Waals surface area contributed by atoms with Crippen molar-refractivity contribution in [2.45, 2.75) is 46.1 Å². The summed E-state index contributed by atoms with van der Waals surface area (Å²) in [4.78, 5) is 51.7. The van der Waals surface area contributed by atoms with Crippen molar-refractivity contribution in [3.05, 3.63) is 16.3 Å². The molecule has 1 unspecified atom stereocenters. The third kappa shape index (κ3) is 5.00. The summed E-state index contributed by atoms with van der Waals surface area (Å²) in [5.74, 6) is 0.254. The van der Waals surface area contributed by atoms with Crippen LogP contribution in [0, 0.1) is 6.92 Å². The third-order valence-corrected chi connectivity index (χ3v) is 7.15. The predicted molar refractivity (Wildman–Crippen MR) is 126 cm³/mol. The van der Waals surface area contributed by atoms with Gasteiger partial charge in [0.15, 0.2) is 0 Å². The third-order valence-electron chi connectivity index (χ3n) is 5.98. The Balaban J connectivity index is 1.63. The fourth-order valence-corrected chi connectivity index (χ4v) is 5.40. The van der Waals surface area contributed by atoms with E-state index < -0.39 is 11.9 Å². The molecule has 0 spiro atoms. The van der Waals surface area contributed by atoms with Crippen LogP contribution in [-0.2, 0) is 30.2 Å². The van der Waals surface area contributed by atoms with Gasteiger partial charge in [0.1, 0.15) is 33.9 Å². The summed E-state index contributed by atoms with van der Waals surface area (Å²) in [7, 11) is 0. The first-order valence-corrected chi connectivity index (χ1v) is 12.5. The average molecular weight is 491 g/mol. The molecule has 1 atom stereocenters. The fourth-order valence-electron chi connectivity index (χ4n) is 4.32. The molecule has 0 aromatic carbocycles. The van der Waals surface area contributed by atoms with Gasteiger partial charge in [0.05, 0.1) is 18.6 Å². The lowest BCUT2D eigenvalue weighted by Gasteiger charge is -2.36. The van der Waals surface area contributed by atoms with Crippen molar-refractivity contribution in [2.24, 2.45) is 0 Å². The number of nitrogens with zero attached hydrogens (tertiary/aromatic N) is 4. The number of hydrogen-bond donors (Lipinski definition) is 0. The Labute approximate surface area is 202 Å². The zero-order chi connectivity index (χ0) is 24.2. The molecule has 184 valence electrons. The minimum atomic E-state index is -0.404. The summed E-state index contributed by atoms with van der Waals surface area (Å²) in [6.45, 7) is 8.82. The number of ether oxygens (including phenoxy) is 3. The minimum absolute atomic E-state index is 0.0456. The van der Waals surface area contributed by atoms with E-state index in [1.54, 1.807) is 13.8 Å². The molecule has 0 aliphatic carbocycles. The van der Waals surface area contributed by atoms with E-state index in [0.29, 0.717) is 54.1 Å². The average Bonchev–Trinajstić information content (AvgIpc) is 3.47. The zero-order valence-corrected chi connectivity index (χ0v) is 20.6. The Morgan fingerprint density at radius 2 is 1.82 bits per heavy atom. The minimum Gasteiger partial charge on any atom is -0.466 e. The number of piperazine rings is 1. The molecule has 2 aliphatic heterocycles. The first kappa shape index (κ1) is 24.3. The normalized spacial score (nSPS) is 18.4. The first-order chi connectivity index (χ1) is 16.4. The van der Waals surface area contributed by atoms with Gasteiger partial charge in [0.2, 0.25) is 0 Å². The molecule has 4 rings (SSSR count). The predicted octanol–water partition coefficient (Wildman–Crippen LogP) is 2.11. The second kappa shape index (κ2) is 10.6. The second-order valence-corrected chi connectivity index (χ2v) is 9.22. The number of thiophene rings is 1. The molecule has 0 radical (unpaired) electrons. The number of aryl methyl sites for hydroxylation is 1. The van der Waals surface area contributed by atoms with Crippen LogP contribution in [0.1, 0.15) is 47.7 Å². The Hall–Kier alpha value is -2.79. The van der Waals surface area contributed by atoms with Crippen molar-refractivity contribution >= 4 is 45.2 Å². The van der Waals surface area contributed by atoms with Crippen LogP contribution in [0.25, 0.3) is 10.2 Å². The van der Waals surface area contributed by atoms with E-state index in [4.69, 9.17) is 19.2 Å². The lowest BCUT2D eigenvalue weighted by Crippen LogP contribution is -2.51. The van der Waals surface area contributed by atoms with Gasteiger partial charge in [-0.15, -0.1) is 11.3 Å². The molecule has 11 heteroatoms. The topological polar surface area (TPSA) is 111 Å². The molecule has 2 aliphatic rings. The number of aromatic nitrogens is 2. The fraction of sp³-hybridized carbons (Fsp3) is 0.609. The van der Waals surface area contributed by atoms with Gasteiger partial charge < -0.3 is 24.0 Å². The van der Waals surface area contributed by atoms with Crippen LogP contribution in [0.4, 0.5) is 5.82 Å². The van der Waals surface area contributed by atoms with Crippen LogP contribution in [0.15, 0.2) is 0 Å². The highest BCUT2D eigenvalue weighted by Crippen LogP contribution is 2.36. The summed E-state index contributed by atoms with van der Waals surface area (Å²) < 4.78 is 15.9. The maximum Gasteiger partial charge on any atom is 0.348 e. The van der Waals surface area contributed by atoms with Gasteiger partial charge >= 0.3 is 11.9 Å². The lowest BCUT2D eigenvalue weighted by atomic mass is 10.1. The number of fused-ring (bicyclic) bond motifs is 1. The molecule has 34 heavy (non-hydrogen) atoms. The molecule has 0 saturated carbocycles. The van der Waals surface area contributed by atoms with Gasteiger partial charge in [-0.05, 0) is 39.2 Å². The highest BCUT2D eigenvalue weighted by Gasteiger charge is 2.32. The van der Waals surface area contributed by atoms with Crippen molar-refractivity contribution in [3.63, 3.8) is 0 Å². The molecule has 2 fully saturated rings. The monoisotopic (exact) mass is 490 g/mol. The highest BCUT2D eigenvalue weighted by atomic mass is 32.1. The number of carbonyl (C=O) groups excluding carboxylic acids is 3. The SMILES string of the molecule is CCOC(=O)Cc1nc(N2CCN(C(=O)C3CCCO3)CC2)c2c(C)c(C(=O)OCC)sc2n1. The maximum atomic E-state index is 12.7. The number of amides is 1. The van der Waals surface area contributed by atoms with Crippen molar-refractivity contribution in [1.82, 2.24) is 14.9 Å². The zero-order valence-electron chi connectivity index (χ0n) is 19.8. The molecule has 2 saturated heterocycles. The maximum absolute atomic E-state index is 12.7. The summed E-state index contributed by atoms with van der Waals surface area (Å²) >= 11 is 1.24. The van der Waals surface area contributed by atoms with E-state index in [9.17, 15) is 14.4 Å². The Morgan fingerprint density at radius 1 is 1.09 bits per heavy atom. The van der Waals surface area contributed by atoms with Crippen LogP contribution < -0.4 is 4.90 Å². The van der Waals surface area contributed by atoms with E-state index >= 15 is 0 Å². The Morgan fingerprint density at radius 3 is 2.47 bits per heavy atom. The van der Waals surface area contributed by atoms with Crippen LogP contribution >= 0.6 is 11.3 Å². The van der Waals surface area contributed by atoms with Crippen LogP contribution in [0.3, 0.4) is 0 Å². The Bertz CT molecular complexity index is 1070. The molecule has 1 amide bonds. The highest BCUT2D eigenvalue weighted by molar-refractivity contribution is 7.20. The van der Waals surface area contributed by atoms with Crippen molar-refractivity contribution in [3.8, 4) is 0 Å². The van der Waals surface area contributed by atoms with Gasteiger partial charge in [0, 0.05) is 32.8 Å². The van der Waals surface area contributed by atoms with Crippen molar-refractivity contribution in [2.75, 3.05) is 50.9 Å². The van der Waals surface area contributed by atoms with E-state index in [-0.39, 0.29) is 31.6 Å². The molecule has 2 aromatic heterocycles. The molecule has 10 nitrogen and oxygen atoms in total. The quantitative estimate of drug-likeness (QED) is 0.539. The van der Waals surface area contributed by atoms with Gasteiger partial charge in [-0.25, -0.2) is 14.8 Å². The molecule has 0 N–H and O–H groups in total. The van der Waals surface area contributed by atoms with E-state index in [1.807, 2.05) is 11.8 Å². The Kier molecular flexibility index (Phi) is 7.62. The van der Waals surface area contributed by atoms with Crippen LogP contribution in [0.5, 0.6) is 0 Å². The van der Waals surface area contributed by atoms with Gasteiger partial charge in [-0.2, -0.15) is 0 Å². The van der Waals surface area contributed by atoms with E-state index in [0.717, 1.165) is 23.8 Å². The molecule has 2 aromatic rings. The smallest absolute Gasteiger partial charge is 0.348 e. The van der Waals surface area contributed by atoms with Crippen molar-refractivity contribution in [1.29, 1.82) is 0 Å². The largest absolute Gasteiger partial charge is 0.466 e. The van der Waals surface area contributed by atoms with Crippen molar-refractivity contribution < 1.29 is 28.6 Å². The molecular formula is C23H30N4O6S. The second-order valence-electron chi connectivity index (χ2n) is 8.22. The van der Waals surface area contributed by atoms with E-state index in [1.165, 1.54) is 11.3 Å². The number of carbonyl (C=O) groups is 3. The summed E-state index contributed by atoms with van der Waals surface area (Å²) in [5.41, 5.74) is 0.758. The first-order valence-electron chi connectivity index (χ1n) is 11.7. The van der Waals surface area contributed by atoms with Gasteiger partial charge in [0.25, 0.3) is 5.91 Å². The van der Waals surface area contributed by atoms with Crippen LogP contribution in [-0.4, -0.2) is 84.8 Å². The number of hydrogen-bond acceptors (Lipinski definition) is 10. The summed E-state index contributed by atoms with van der Waals surface area (Å²) in [6, 6.07) is 0. The van der Waals surface area contributed by atoms with Gasteiger partial charge in [-0.3, -0.25) is 9.59 Å². The number of rotatable bonds is 7. The lowest BCUT2D eigenvalue weighted by molar-refractivity contribution is -0.142. The summed E-state index contributed by atoms with van der Waals surface area (Å²) in [5, 5.41) is 0.777. The molecule has 0 bridgehead atoms. The standard InChI is InChI=1S/C23H30N4O6S/c1-4-31-17(28)13-16-24-20(18-14(3)19(23(30)32-5-2)34-21(18)25-16)26-8-10-27(11-9-26)22(29)15-7-6-12-33-15/h15H,4-13H2,1-3H3. The number of anilines is 1. The van der Waals surface area contributed by atoms with Crippen LogP contribution in [0.2, 0.25) is 0 Å². The van der Waals surface area contributed by atoms with Gasteiger partial charge in [-0.1, -0.05) is 0 Å².